The number of rotatable bonds is 9. The fourth-order valence-corrected chi connectivity index (χ4v) is 4.05. The molecule has 0 spiro atoms. The van der Waals surface area contributed by atoms with Crippen molar-refractivity contribution >= 4 is 23.6 Å². The highest BCUT2D eigenvalue weighted by molar-refractivity contribution is 6.30. The van der Waals surface area contributed by atoms with Crippen LogP contribution in [0.2, 0.25) is 5.02 Å². The Morgan fingerprint density at radius 1 is 1.10 bits per heavy atom. The molecule has 1 heterocycles. The van der Waals surface area contributed by atoms with Gasteiger partial charge in [0.05, 0.1) is 27.4 Å². The summed E-state index contributed by atoms with van der Waals surface area (Å²) in [5, 5.41) is 3.73. The van der Waals surface area contributed by atoms with Gasteiger partial charge in [-0.2, -0.15) is 0 Å². The third-order valence-corrected chi connectivity index (χ3v) is 5.63. The minimum Gasteiger partial charge on any atom is -0.493 e. The molecular weight excluding hydrogens is 416 g/mol. The standard InChI is InChI=1S/C24H29ClN2O4/c1-29-21-13-17(14-22(30-2)24(21)31-3)9-10-23(28)26-16-20(27-11-4-5-12-27)18-7-6-8-19(25)15-18/h6-10,13-15,20H,4-5,11-12,16H2,1-3H3,(H,26,28)/b10-9+. The lowest BCUT2D eigenvalue weighted by Gasteiger charge is -2.28. The summed E-state index contributed by atoms with van der Waals surface area (Å²) in [5.74, 6) is 1.43. The molecule has 166 valence electrons. The summed E-state index contributed by atoms with van der Waals surface area (Å²) in [6.45, 7) is 2.56. The third-order valence-electron chi connectivity index (χ3n) is 5.40. The molecule has 2 aromatic rings. The third kappa shape index (κ3) is 5.93. The van der Waals surface area contributed by atoms with Gasteiger partial charge in [0.1, 0.15) is 0 Å². The average Bonchev–Trinajstić information content (AvgIpc) is 3.31. The molecule has 1 aliphatic heterocycles. The monoisotopic (exact) mass is 444 g/mol. The maximum Gasteiger partial charge on any atom is 0.244 e. The highest BCUT2D eigenvalue weighted by atomic mass is 35.5. The van der Waals surface area contributed by atoms with Crippen LogP contribution in [0.1, 0.15) is 30.0 Å². The molecule has 1 N–H and O–H groups in total. The largest absolute Gasteiger partial charge is 0.493 e. The van der Waals surface area contributed by atoms with E-state index in [1.165, 1.54) is 18.9 Å². The van der Waals surface area contributed by atoms with Gasteiger partial charge < -0.3 is 19.5 Å². The van der Waals surface area contributed by atoms with Crippen LogP contribution >= 0.6 is 11.6 Å². The van der Waals surface area contributed by atoms with Crippen molar-refractivity contribution in [3.05, 3.63) is 58.6 Å². The van der Waals surface area contributed by atoms with Crippen molar-refractivity contribution in [1.29, 1.82) is 0 Å². The number of carbonyl (C=O) groups is 1. The van der Waals surface area contributed by atoms with Crippen LogP contribution in [0, 0.1) is 0 Å². The van der Waals surface area contributed by atoms with E-state index in [0.29, 0.717) is 28.8 Å². The van der Waals surface area contributed by atoms with Gasteiger partial charge in [0.15, 0.2) is 11.5 Å². The Hall–Kier alpha value is -2.70. The Kier molecular flexibility index (Phi) is 8.20. The van der Waals surface area contributed by atoms with Gasteiger partial charge in [-0.15, -0.1) is 0 Å². The molecule has 2 aromatic carbocycles. The van der Waals surface area contributed by atoms with Crippen molar-refractivity contribution in [2.24, 2.45) is 0 Å². The Morgan fingerprint density at radius 2 is 1.77 bits per heavy atom. The van der Waals surface area contributed by atoms with E-state index in [9.17, 15) is 4.79 Å². The zero-order valence-electron chi connectivity index (χ0n) is 18.2. The number of amides is 1. The summed E-state index contributed by atoms with van der Waals surface area (Å²) in [6, 6.07) is 11.5. The Morgan fingerprint density at radius 3 is 2.35 bits per heavy atom. The number of methoxy groups -OCH3 is 3. The number of likely N-dealkylation sites (tertiary alicyclic amines) is 1. The molecule has 1 aliphatic rings. The number of hydrogen-bond acceptors (Lipinski definition) is 5. The number of nitrogens with one attached hydrogen (secondary N) is 1. The fraction of sp³-hybridized carbons (Fsp3) is 0.375. The Balaban J connectivity index is 1.69. The summed E-state index contributed by atoms with van der Waals surface area (Å²) < 4.78 is 16.1. The lowest BCUT2D eigenvalue weighted by Crippen LogP contribution is -2.36. The molecule has 6 nitrogen and oxygen atoms in total. The van der Waals surface area contributed by atoms with Crippen LogP contribution in [0.3, 0.4) is 0 Å². The molecule has 31 heavy (non-hydrogen) atoms. The van der Waals surface area contributed by atoms with Crippen molar-refractivity contribution in [2.45, 2.75) is 18.9 Å². The van der Waals surface area contributed by atoms with Gasteiger partial charge in [0.25, 0.3) is 0 Å². The molecule has 0 radical (unpaired) electrons. The number of ether oxygens (including phenoxy) is 3. The van der Waals surface area contributed by atoms with Crippen LogP contribution in [0.25, 0.3) is 6.08 Å². The molecular formula is C24H29ClN2O4. The van der Waals surface area contributed by atoms with Crippen molar-refractivity contribution in [3.63, 3.8) is 0 Å². The minimum atomic E-state index is -0.167. The van der Waals surface area contributed by atoms with E-state index in [1.54, 1.807) is 39.5 Å². The van der Waals surface area contributed by atoms with Crippen molar-refractivity contribution in [1.82, 2.24) is 10.2 Å². The van der Waals surface area contributed by atoms with E-state index in [4.69, 9.17) is 25.8 Å². The molecule has 1 saturated heterocycles. The zero-order chi connectivity index (χ0) is 22.2. The number of carbonyl (C=O) groups excluding carboxylic acids is 1. The van der Waals surface area contributed by atoms with E-state index in [-0.39, 0.29) is 11.9 Å². The summed E-state index contributed by atoms with van der Waals surface area (Å²) >= 11 is 6.20. The molecule has 0 saturated carbocycles. The molecule has 1 unspecified atom stereocenters. The number of hydrogen-bond donors (Lipinski definition) is 1. The second kappa shape index (κ2) is 11.1. The number of nitrogens with zero attached hydrogens (tertiary/aromatic N) is 1. The summed E-state index contributed by atoms with van der Waals surface area (Å²) in [4.78, 5) is 14.9. The highest BCUT2D eigenvalue weighted by Crippen LogP contribution is 2.38. The summed E-state index contributed by atoms with van der Waals surface area (Å²) in [7, 11) is 4.68. The van der Waals surface area contributed by atoms with Gasteiger partial charge in [-0.1, -0.05) is 23.7 Å². The second-order valence-corrected chi connectivity index (χ2v) is 7.79. The Bertz CT molecular complexity index is 901. The van der Waals surface area contributed by atoms with Crippen molar-refractivity contribution in [3.8, 4) is 17.2 Å². The number of benzene rings is 2. The topological polar surface area (TPSA) is 60.0 Å². The lowest BCUT2D eigenvalue weighted by molar-refractivity contribution is -0.116. The van der Waals surface area contributed by atoms with Crippen LogP contribution in [0.4, 0.5) is 0 Å². The minimum absolute atomic E-state index is 0.0970. The predicted molar refractivity (Wildman–Crippen MR) is 123 cm³/mol. The molecule has 0 aromatic heterocycles. The first-order valence-corrected chi connectivity index (χ1v) is 10.7. The molecule has 1 fully saturated rings. The van der Waals surface area contributed by atoms with Crippen LogP contribution in [0.15, 0.2) is 42.5 Å². The van der Waals surface area contributed by atoms with Gasteiger partial charge in [-0.25, -0.2) is 0 Å². The quantitative estimate of drug-likeness (QED) is 0.583. The molecule has 0 aliphatic carbocycles. The van der Waals surface area contributed by atoms with Crippen LogP contribution in [-0.2, 0) is 4.79 Å². The summed E-state index contributed by atoms with van der Waals surface area (Å²) in [6.07, 6.45) is 5.59. The first-order chi connectivity index (χ1) is 15.0. The fourth-order valence-electron chi connectivity index (χ4n) is 3.85. The van der Waals surface area contributed by atoms with E-state index in [0.717, 1.165) is 24.2 Å². The van der Waals surface area contributed by atoms with E-state index in [2.05, 4.69) is 16.3 Å². The van der Waals surface area contributed by atoms with Crippen LogP contribution in [0.5, 0.6) is 17.2 Å². The van der Waals surface area contributed by atoms with Crippen molar-refractivity contribution < 1.29 is 19.0 Å². The van der Waals surface area contributed by atoms with Crippen molar-refractivity contribution in [2.75, 3.05) is 41.0 Å². The second-order valence-electron chi connectivity index (χ2n) is 7.35. The SMILES string of the molecule is COc1cc(/C=C/C(=O)NCC(c2cccc(Cl)c2)N2CCCC2)cc(OC)c1OC. The van der Waals surface area contributed by atoms with Crippen LogP contribution < -0.4 is 19.5 Å². The Labute approximate surface area is 188 Å². The summed E-state index contributed by atoms with van der Waals surface area (Å²) in [5.41, 5.74) is 1.89. The van der Waals surface area contributed by atoms with E-state index >= 15 is 0 Å². The maximum atomic E-state index is 12.5. The maximum absolute atomic E-state index is 12.5. The predicted octanol–water partition coefficient (Wildman–Crippen LogP) is 4.33. The average molecular weight is 445 g/mol. The van der Waals surface area contributed by atoms with E-state index < -0.39 is 0 Å². The van der Waals surface area contributed by atoms with Gasteiger partial charge in [-0.3, -0.25) is 9.69 Å². The first-order valence-electron chi connectivity index (χ1n) is 10.3. The van der Waals surface area contributed by atoms with Gasteiger partial charge in [0, 0.05) is 17.6 Å². The molecule has 1 atom stereocenters. The number of halogens is 1. The zero-order valence-corrected chi connectivity index (χ0v) is 18.9. The smallest absolute Gasteiger partial charge is 0.244 e. The molecule has 7 heteroatoms. The van der Waals surface area contributed by atoms with Gasteiger partial charge in [-0.05, 0) is 67.4 Å². The van der Waals surface area contributed by atoms with E-state index in [1.807, 2.05) is 18.2 Å². The molecule has 1 amide bonds. The van der Waals surface area contributed by atoms with Gasteiger partial charge in [0.2, 0.25) is 11.7 Å². The molecule has 0 bridgehead atoms. The van der Waals surface area contributed by atoms with Gasteiger partial charge >= 0.3 is 0 Å². The lowest BCUT2D eigenvalue weighted by atomic mass is 10.1. The normalized spacial score (nSPS) is 15.1. The van der Waals surface area contributed by atoms with Crippen LogP contribution in [-0.4, -0.2) is 51.8 Å². The highest BCUT2D eigenvalue weighted by Gasteiger charge is 2.24. The molecule has 3 rings (SSSR count). The first kappa shape index (κ1) is 23.0.